The molecule has 5 nitrogen and oxygen atoms in total. The molecule has 0 bridgehead atoms. The van der Waals surface area contributed by atoms with E-state index in [0.29, 0.717) is 18.4 Å². The number of rotatable bonds is 9. The Morgan fingerprint density at radius 3 is 2.33 bits per heavy atom. The fourth-order valence-corrected chi connectivity index (χ4v) is 1.94. The van der Waals surface area contributed by atoms with Crippen molar-refractivity contribution in [2.75, 3.05) is 13.2 Å². The molecule has 21 heavy (non-hydrogen) atoms. The van der Waals surface area contributed by atoms with Crippen molar-refractivity contribution in [3.63, 3.8) is 0 Å². The number of hydrogen-bond acceptors (Lipinski definition) is 4. The van der Waals surface area contributed by atoms with Crippen LogP contribution in [0.1, 0.15) is 33.1 Å². The number of ether oxygens (including phenoxy) is 2. The molecule has 0 heterocycles. The van der Waals surface area contributed by atoms with Gasteiger partial charge in [-0.25, -0.2) is 0 Å². The molecule has 3 N–H and O–H groups in total. The van der Waals surface area contributed by atoms with E-state index in [1.54, 1.807) is 6.92 Å². The van der Waals surface area contributed by atoms with Crippen LogP contribution in [-0.2, 0) is 4.79 Å². The van der Waals surface area contributed by atoms with Gasteiger partial charge in [0.1, 0.15) is 23.6 Å². The van der Waals surface area contributed by atoms with E-state index in [9.17, 15) is 4.79 Å². The molecule has 1 amide bonds. The van der Waals surface area contributed by atoms with Crippen molar-refractivity contribution >= 4 is 5.91 Å². The molecular weight excluding hydrogens is 268 g/mol. The Bertz CT molecular complexity index is 471. The third kappa shape index (κ3) is 4.63. The predicted molar refractivity (Wildman–Crippen MR) is 81.5 cm³/mol. The summed E-state index contributed by atoms with van der Waals surface area (Å²) in [4.78, 5) is 11.6. The van der Waals surface area contributed by atoms with Gasteiger partial charge in [-0.2, -0.15) is 0 Å². The van der Waals surface area contributed by atoms with Crippen molar-refractivity contribution in [1.29, 1.82) is 0 Å². The van der Waals surface area contributed by atoms with E-state index >= 15 is 0 Å². The molecule has 1 atom stereocenters. The highest BCUT2D eigenvalue weighted by molar-refractivity contribution is 5.84. The minimum atomic E-state index is -0.835. The van der Waals surface area contributed by atoms with Crippen molar-refractivity contribution in [3.8, 4) is 11.5 Å². The van der Waals surface area contributed by atoms with Crippen LogP contribution in [0.3, 0.4) is 0 Å². The average molecular weight is 292 g/mol. The SMILES string of the molecule is CCCOc1ccc(OCC(C)(NC2CC2)C(N)=O)cc1. The van der Waals surface area contributed by atoms with E-state index < -0.39 is 11.4 Å². The van der Waals surface area contributed by atoms with Gasteiger partial charge in [0.25, 0.3) is 0 Å². The van der Waals surface area contributed by atoms with Gasteiger partial charge in [0.05, 0.1) is 6.61 Å². The van der Waals surface area contributed by atoms with Gasteiger partial charge in [-0.3, -0.25) is 10.1 Å². The maximum atomic E-state index is 11.6. The normalized spacial score (nSPS) is 17.0. The summed E-state index contributed by atoms with van der Waals surface area (Å²) in [6, 6.07) is 7.78. The summed E-state index contributed by atoms with van der Waals surface area (Å²) in [7, 11) is 0. The average Bonchev–Trinajstić information content (AvgIpc) is 3.27. The smallest absolute Gasteiger partial charge is 0.240 e. The van der Waals surface area contributed by atoms with Crippen molar-refractivity contribution in [1.82, 2.24) is 5.32 Å². The zero-order chi connectivity index (χ0) is 15.3. The second-order valence-electron chi connectivity index (χ2n) is 5.72. The van der Waals surface area contributed by atoms with E-state index in [-0.39, 0.29) is 6.61 Å². The van der Waals surface area contributed by atoms with E-state index in [1.165, 1.54) is 0 Å². The van der Waals surface area contributed by atoms with E-state index in [2.05, 4.69) is 12.2 Å². The van der Waals surface area contributed by atoms with Gasteiger partial charge in [-0.1, -0.05) is 6.92 Å². The van der Waals surface area contributed by atoms with Gasteiger partial charge in [0.2, 0.25) is 5.91 Å². The third-order valence-electron chi connectivity index (χ3n) is 3.47. The summed E-state index contributed by atoms with van der Waals surface area (Å²) in [5.41, 5.74) is 4.65. The first-order valence-electron chi connectivity index (χ1n) is 7.47. The van der Waals surface area contributed by atoms with Gasteiger partial charge < -0.3 is 15.2 Å². The highest BCUT2D eigenvalue weighted by Crippen LogP contribution is 2.24. The Kier molecular flexibility index (Phi) is 5.07. The van der Waals surface area contributed by atoms with Crippen LogP contribution in [0.25, 0.3) is 0 Å². The summed E-state index contributed by atoms with van der Waals surface area (Å²) in [6.07, 6.45) is 3.15. The number of nitrogens with two attached hydrogens (primary N) is 1. The molecule has 0 spiro atoms. The lowest BCUT2D eigenvalue weighted by Gasteiger charge is -2.27. The van der Waals surface area contributed by atoms with Crippen LogP contribution >= 0.6 is 0 Å². The molecule has 0 saturated heterocycles. The minimum Gasteiger partial charge on any atom is -0.494 e. The first-order chi connectivity index (χ1) is 10.0. The summed E-state index contributed by atoms with van der Waals surface area (Å²) >= 11 is 0. The lowest BCUT2D eigenvalue weighted by molar-refractivity contribution is -0.125. The Morgan fingerprint density at radius 2 is 1.86 bits per heavy atom. The maximum absolute atomic E-state index is 11.6. The molecule has 1 fully saturated rings. The zero-order valence-corrected chi connectivity index (χ0v) is 12.7. The highest BCUT2D eigenvalue weighted by Gasteiger charge is 2.37. The first kappa shape index (κ1) is 15.6. The molecule has 1 unspecified atom stereocenters. The van der Waals surface area contributed by atoms with E-state index in [4.69, 9.17) is 15.2 Å². The number of benzene rings is 1. The maximum Gasteiger partial charge on any atom is 0.240 e. The van der Waals surface area contributed by atoms with Gasteiger partial charge in [0, 0.05) is 6.04 Å². The lowest BCUT2D eigenvalue weighted by atomic mass is 10.0. The molecule has 1 aliphatic rings. The van der Waals surface area contributed by atoms with Crippen LogP contribution in [0.5, 0.6) is 11.5 Å². The first-order valence-corrected chi connectivity index (χ1v) is 7.47. The van der Waals surface area contributed by atoms with Crippen LogP contribution < -0.4 is 20.5 Å². The number of hydrogen-bond donors (Lipinski definition) is 2. The van der Waals surface area contributed by atoms with E-state index in [1.807, 2.05) is 24.3 Å². The molecule has 1 aromatic rings. The van der Waals surface area contributed by atoms with Gasteiger partial charge >= 0.3 is 0 Å². The Labute approximate surface area is 125 Å². The fourth-order valence-electron chi connectivity index (χ4n) is 1.94. The monoisotopic (exact) mass is 292 g/mol. The second kappa shape index (κ2) is 6.80. The topological polar surface area (TPSA) is 73.6 Å². The molecule has 116 valence electrons. The number of carbonyl (C=O) groups is 1. The molecule has 0 aromatic heterocycles. The fraction of sp³-hybridized carbons (Fsp3) is 0.562. The van der Waals surface area contributed by atoms with Crippen LogP contribution in [0.2, 0.25) is 0 Å². The molecule has 0 radical (unpaired) electrons. The Hall–Kier alpha value is -1.75. The van der Waals surface area contributed by atoms with Crippen molar-refractivity contribution in [2.45, 2.75) is 44.7 Å². The van der Waals surface area contributed by atoms with Crippen LogP contribution in [-0.4, -0.2) is 30.7 Å². The largest absolute Gasteiger partial charge is 0.494 e. The van der Waals surface area contributed by atoms with E-state index in [0.717, 1.165) is 25.0 Å². The van der Waals surface area contributed by atoms with Gasteiger partial charge in [0.15, 0.2) is 0 Å². The molecule has 0 aliphatic heterocycles. The number of nitrogens with one attached hydrogen (secondary N) is 1. The number of carbonyl (C=O) groups excluding carboxylic acids is 1. The Morgan fingerprint density at radius 1 is 1.29 bits per heavy atom. The summed E-state index contributed by atoms with van der Waals surface area (Å²) < 4.78 is 11.2. The molecule has 1 aromatic carbocycles. The zero-order valence-electron chi connectivity index (χ0n) is 12.7. The number of amides is 1. The summed E-state index contributed by atoms with van der Waals surface area (Å²) in [5.74, 6) is 1.12. The van der Waals surface area contributed by atoms with Crippen molar-refractivity contribution in [2.24, 2.45) is 5.73 Å². The predicted octanol–water partition coefficient (Wildman–Crippen LogP) is 1.85. The molecular formula is C16H24N2O3. The standard InChI is InChI=1S/C16H24N2O3/c1-3-10-20-13-6-8-14(9-7-13)21-11-16(2,15(17)19)18-12-4-5-12/h6-9,12,18H,3-5,10-11H2,1-2H3,(H2,17,19). The quantitative estimate of drug-likeness (QED) is 0.728. The summed E-state index contributed by atoms with van der Waals surface area (Å²) in [6.45, 7) is 4.76. The summed E-state index contributed by atoms with van der Waals surface area (Å²) in [5, 5.41) is 3.25. The molecule has 1 aliphatic carbocycles. The van der Waals surface area contributed by atoms with Crippen molar-refractivity contribution in [3.05, 3.63) is 24.3 Å². The third-order valence-corrected chi connectivity index (χ3v) is 3.47. The molecule has 2 rings (SSSR count). The van der Waals surface area contributed by atoms with Crippen molar-refractivity contribution < 1.29 is 14.3 Å². The van der Waals surface area contributed by atoms with Gasteiger partial charge in [-0.05, 0) is 50.5 Å². The molecule has 1 saturated carbocycles. The van der Waals surface area contributed by atoms with Crippen LogP contribution in [0, 0.1) is 0 Å². The number of primary amides is 1. The Balaban J connectivity index is 1.89. The van der Waals surface area contributed by atoms with Gasteiger partial charge in [-0.15, -0.1) is 0 Å². The lowest BCUT2D eigenvalue weighted by Crippen LogP contribution is -2.57. The molecule has 5 heteroatoms. The second-order valence-corrected chi connectivity index (χ2v) is 5.72. The van der Waals surface area contributed by atoms with Crippen LogP contribution in [0.15, 0.2) is 24.3 Å². The minimum absolute atomic E-state index is 0.216. The van der Waals surface area contributed by atoms with Crippen LogP contribution in [0.4, 0.5) is 0 Å². The highest BCUT2D eigenvalue weighted by atomic mass is 16.5.